The monoisotopic (exact) mass is 283 g/mol. The smallest absolute Gasteiger partial charge is 0.221 e. The number of carbonyl (C=O) groups excluding carboxylic acids is 1. The molecular formula is C14H18ClNOS. The van der Waals surface area contributed by atoms with Gasteiger partial charge in [0.15, 0.2) is 0 Å². The predicted molar refractivity (Wildman–Crippen MR) is 78.1 cm³/mol. The number of halogens is 1. The van der Waals surface area contributed by atoms with Crippen molar-refractivity contribution in [2.24, 2.45) is 5.41 Å². The Morgan fingerprint density at radius 1 is 1.56 bits per heavy atom. The van der Waals surface area contributed by atoms with Crippen LogP contribution < -0.4 is 5.32 Å². The summed E-state index contributed by atoms with van der Waals surface area (Å²) in [5.41, 5.74) is 1.20. The minimum Gasteiger partial charge on any atom is -0.350 e. The predicted octanol–water partition coefficient (Wildman–Crippen LogP) is 3.62. The molecule has 1 unspecified atom stereocenters. The summed E-state index contributed by atoms with van der Waals surface area (Å²) in [4.78, 5) is 11.9. The molecule has 2 rings (SSSR count). The van der Waals surface area contributed by atoms with Crippen LogP contribution in [-0.2, 0) is 4.79 Å². The maximum absolute atomic E-state index is 11.9. The fraction of sp³-hybridized carbons (Fsp3) is 0.500. The Kier molecular flexibility index (Phi) is 4.23. The molecule has 2 nitrogen and oxygen atoms in total. The van der Waals surface area contributed by atoms with Gasteiger partial charge >= 0.3 is 0 Å². The molecule has 0 aliphatic heterocycles. The second-order valence-corrected chi connectivity index (χ2v) is 5.93. The van der Waals surface area contributed by atoms with E-state index in [1.165, 1.54) is 0 Å². The number of carbonyl (C=O) groups is 1. The first-order valence-electron chi connectivity index (χ1n) is 6.20. The van der Waals surface area contributed by atoms with Crippen molar-refractivity contribution in [1.82, 2.24) is 5.32 Å². The average molecular weight is 284 g/mol. The largest absolute Gasteiger partial charge is 0.350 e. The van der Waals surface area contributed by atoms with Crippen molar-refractivity contribution in [2.75, 3.05) is 5.75 Å². The lowest BCUT2D eigenvalue weighted by atomic mass is 10.0. The lowest BCUT2D eigenvalue weighted by Gasteiger charge is -2.17. The molecule has 0 radical (unpaired) electrons. The number of nitrogens with one attached hydrogen (secondary N) is 1. The first-order chi connectivity index (χ1) is 8.54. The quantitative estimate of drug-likeness (QED) is 0.794. The SMILES string of the molecule is CC(NC(=O)CC1(CS)CC1)c1cccc(Cl)c1. The summed E-state index contributed by atoms with van der Waals surface area (Å²) >= 11 is 10.3. The highest BCUT2D eigenvalue weighted by molar-refractivity contribution is 7.80. The molecular weight excluding hydrogens is 266 g/mol. The van der Waals surface area contributed by atoms with E-state index in [9.17, 15) is 4.79 Å². The highest BCUT2D eigenvalue weighted by Gasteiger charge is 2.42. The van der Waals surface area contributed by atoms with Gasteiger partial charge in [0.2, 0.25) is 5.91 Å². The van der Waals surface area contributed by atoms with Crippen LogP contribution in [0.4, 0.5) is 0 Å². The first kappa shape index (κ1) is 13.8. The van der Waals surface area contributed by atoms with Crippen molar-refractivity contribution in [3.8, 4) is 0 Å². The molecule has 4 heteroatoms. The van der Waals surface area contributed by atoms with E-state index in [4.69, 9.17) is 11.6 Å². The zero-order valence-electron chi connectivity index (χ0n) is 10.4. The van der Waals surface area contributed by atoms with Crippen molar-refractivity contribution in [3.63, 3.8) is 0 Å². The number of hydrogen-bond acceptors (Lipinski definition) is 2. The maximum atomic E-state index is 11.9. The van der Waals surface area contributed by atoms with Crippen LogP contribution in [0.5, 0.6) is 0 Å². The fourth-order valence-corrected chi connectivity index (χ4v) is 2.69. The normalized spacial score (nSPS) is 18.2. The zero-order chi connectivity index (χ0) is 13.2. The molecule has 18 heavy (non-hydrogen) atoms. The van der Waals surface area contributed by atoms with Gasteiger partial charge in [-0.3, -0.25) is 4.79 Å². The Hall–Kier alpha value is -0.670. The van der Waals surface area contributed by atoms with E-state index in [1.807, 2.05) is 31.2 Å². The van der Waals surface area contributed by atoms with Crippen LogP contribution in [0, 0.1) is 5.41 Å². The summed E-state index contributed by atoms with van der Waals surface area (Å²) in [5.74, 6) is 0.903. The summed E-state index contributed by atoms with van der Waals surface area (Å²) in [6.07, 6.45) is 2.83. The summed E-state index contributed by atoms with van der Waals surface area (Å²) in [6, 6.07) is 7.59. The molecule has 0 bridgehead atoms. The molecule has 1 atom stereocenters. The standard InChI is InChI=1S/C14H18ClNOS/c1-10(11-3-2-4-12(15)7-11)16-13(17)8-14(9-18)5-6-14/h2-4,7,10,18H,5-6,8-9H2,1H3,(H,16,17). The van der Waals surface area contributed by atoms with Gasteiger partial charge in [0.1, 0.15) is 0 Å². The Morgan fingerprint density at radius 2 is 2.28 bits per heavy atom. The summed E-state index contributed by atoms with van der Waals surface area (Å²) in [6.45, 7) is 1.98. The summed E-state index contributed by atoms with van der Waals surface area (Å²) in [5, 5.41) is 3.72. The Bertz CT molecular complexity index is 445. The highest BCUT2D eigenvalue weighted by atomic mass is 35.5. The van der Waals surface area contributed by atoms with Gasteiger partial charge in [-0.15, -0.1) is 0 Å². The molecule has 1 saturated carbocycles. The van der Waals surface area contributed by atoms with Crippen LogP contribution in [0.15, 0.2) is 24.3 Å². The second-order valence-electron chi connectivity index (χ2n) is 5.18. The number of benzene rings is 1. The van der Waals surface area contributed by atoms with E-state index in [2.05, 4.69) is 17.9 Å². The second kappa shape index (κ2) is 5.54. The zero-order valence-corrected chi connectivity index (χ0v) is 12.1. The Morgan fingerprint density at radius 3 is 2.83 bits per heavy atom. The van der Waals surface area contributed by atoms with Gasteiger partial charge in [-0.05, 0) is 48.6 Å². The van der Waals surface area contributed by atoms with Crippen LogP contribution in [-0.4, -0.2) is 11.7 Å². The summed E-state index contributed by atoms with van der Waals surface area (Å²) in [7, 11) is 0. The topological polar surface area (TPSA) is 29.1 Å². The van der Waals surface area contributed by atoms with Crippen LogP contribution in [0.25, 0.3) is 0 Å². The lowest BCUT2D eigenvalue weighted by molar-refractivity contribution is -0.122. The molecule has 98 valence electrons. The van der Waals surface area contributed by atoms with E-state index in [0.29, 0.717) is 11.4 Å². The molecule has 0 aromatic heterocycles. The van der Waals surface area contributed by atoms with Crippen molar-refractivity contribution in [3.05, 3.63) is 34.9 Å². The minimum absolute atomic E-state index is 0.00748. The fourth-order valence-electron chi connectivity index (χ4n) is 2.06. The summed E-state index contributed by atoms with van der Waals surface area (Å²) < 4.78 is 0. The van der Waals surface area contributed by atoms with E-state index in [0.717, 1.165) is 24.2 Å². The van der Waals surface area contributed by atoms with Gasteiger partial charge in [-0.25, -0.2) is 0 Å². The third-order valence-electron chi connectivity index (χ3n) is 3.55. The van der Waals surface area contributed by atoms with E-state index in [-0.39, 0.29) is 17.4 Å². The molecule has 1 aromatic rings. The van der Waals surface area contributed by atoms with Crippen molar-refractivity contribution >= 4 is 30.1 Å². The van der Waals surface area contributed by atoms with Gasteiger partial charge in [0.25, 0.3) is 0 Å². The van der Waals surface area contributed by atoms with Gasteiger partial charge < -0.3 is 5.32 Å². The third-order valence-corrected chi connectivity index (χ3v) is 4.46. The molecule has 1 aliphatic carbocycles. The van der Waals surface area contributed by atoms with E-state index < -0.39 is 0 Å². The van der Waals surface area contributed by atoms with Crippen LogP contribution in [0.2, 0.25) is 5.02 Å². The lowest BCUT2D eigenvalue weighted by Crippen LogP contribution is -2.29. The van der Waals surface area contributed by atoms with Crippen LogP contribution in [0.3, 0.4) is 0 Å². The van der Waals surface area contributed by atoms with E-state index >= 15 is 0 Å². The number of hydrogen-bond donors (Lipinski definition) is 2. The third kappa shape index (κ3) is 3.42. The molecule has 0 spiro atoms. The molecule has 1 fully saturated rings. The average Bonchev–Trinajstić information content (AvgIpc) is 3.09. The number of thiol groups is 1. The van der Waals surface area contributed by atoms with E-state index in [1.54, 1.807) is 0 Å². The Balaban J connectivity index is 1.91. The van der Waals surface area contributed by atoms with Crippen molar-refractivity contribution < 1.29 is 4.79 Å². The molecule has 0 saturated heterocycles. The Labute approximate surface area is 119 Å². The molecule has 1 aromatic carbocycles. The van der Waals surface area contributed by atoms with Gasteiger partial charge in [0, 0.05) is 11.4 Å². The molecule has 1 amide bonds. The molecule has 1 N–H and O–H groups in total. The van der Waals surface area contributed by atoms with Crippen LogP contribution in [0.1, 0.15) is 37.8 Å². The molecule has 0 heterocycles. The van der Waals surface area contributed by atoms with Gasteiger partial charge in [-0.2, -0.15) is 12.6 Å². The highest BCUT2D eigenvalue weighted by Crippen LogP contribution is 2.49. The number of rotatable bonds is 5. The van der Waals surface area contributed by atoms with Gasteiger partial charge in [0.05, 0.1) is 6.04 Å². The molecule has 1 aliphatic rings. The van der Waals surface area contributed by atoms with Crippen LogP contribution >= 0.6 is 24.2 Å². The maximum Gasteiger partial charge on any atom is 0.221 e. The van der Waals surface area contributed by atoms with Crippen molar-refractivity contribution in [1.29, 1.82) is 0 Å². The first-order valence-corrected chi connectivity index (χ1v) is 7.21. The van der Waals surface area contributed by atoms with Gasteiger partial charge in [-0.1, -0.05) is 23.7 Å². The van der Waals surface area contributed by atoms with Crippen molar-refractivity contribution in [2.45, 2.75) is 32.2 Å². The number of amides is 1. The minimum atomic E-state index is -0.00748.